The van der Waals surface area contributed by atoms with E-state index in [2.05, 4.69) is 20.3 Å². The molecule has 0 radical (unpaired) electrons. The van der Waals surface area contributed by atoms with E-state index in [0.717, 1.165) is 28.2 Å². The Kier molecular flexibility index (Phi) is 11.5. The molecule has 54 heavy (non-hydrogen) atoms. The van der Waals surface area contributed by atoms with Crippen LogP contribution in [0.25, 0.3) is 11.2 Å². The van der Waals surface area contributed by atoms with Gasteiger partial charge in [-0.05, 0) is 53.1 Å². The van der Waals surface area contributed by atoms with Crippen LogP contribution in [0.1, 0.15) is 39.7 Å². The van der Waals surface area contributed by atoms with Crippen molar-refractivity contribution in [2.75, 3.05) is 40.4 Å². The third kappa shape index (κ3) is 7.56. The molecular formula is C40H40N5O8P. The minimum atomic E-state index is -1.69. The molecule has 1 saturated heterocycles. The van der Waals surface area contributed by atoms with Crippen molar-refractivity contribution in [1.29, 1.82) is 0 Å². The molecule has 6 aromatic rings. The first-order valence-corrected chi connectivity index (χ1v) is 18.3. The van der Waals surface area contributed by atoms with Gasteiger partial charge in [0.05, 0.1) is 33.3 Å². The van der Waals surface area contributed by atoms with Crippen molar-refractivity contribution >= 4 is 31.5 Å². The molecule has 0 aliphatic carbocycles. The summed E-state index contributed by atoms with van der Waals surface area (Å²) >= 11 is 0. The highest BCUT2D eigenvalue weighted by atomic mass is 31.2. The predicted molar refractivity (Wildman–Crippen MR) is 202 cm³/mol. The second-order valence-corrected chi connectivity index (χ2v) is 13.7. The molecule has 1 amide bonds. The molecule has 1 fully saturated rings. The molecule has 1 aliphatic rings. The SMILES string of the molecule is COc1ccc(C(OC[C@H]2O[C@@H](n3cnc4c(NC(=O)c5ccccc5)ncnc43)C[C@@H]2OP(OC)OC)(c2ccccc2)c2ccc(OC)cc2)cc1. The number of imidazole rings is 1. The number of carbonyl (C=O) groups is 1. The van der Waals surface area contributed by atoms with Crippen LogP contribution in [0.15, 0.2) is 122 Å². The highest BCUT2D eigenvalue weighted by Crippen LogP contribution is 2.47. The number of carbonyl (C=O) groups excluding carboxylic acids is 1. The zero-order valence-electron chi connectivity index (χ0n) is 30.2. The van der Waals surface area contributed by atoms with Crippen LogP contribution >= 0.6 is 8.60 Å². The molecule has 0 bridgehead atoms. The minimum absolute atomic E-state index is 0.102. The molecule has 278 valence electrons. The number of benzene rings is 4. The lowest BCUT2D eigenvalue weighted by Gasteiger charge is -2.37. The first-order chi connectivity index (χ1) is 26.5. The zero-order chi connectivity index (χ0) is 37.5. The Bertz CT molecular complexity index is 2090. The number of hydrogen-bond acceptors (Lipinski definition) is 11. The van der Waals surface area contributed by atoms with Crippen LogP contribution in [0.5, 0.6) is 11.5 Å². The number of ether oxygens (including phenoxy) is 4. The van der Waals surface area contributed by atoms with E-state index in [9.17, 15) is 4.79 Å². The van der Waals surface area contributed by atoms with E-state index in [-0.39, 0.29) is 18.3 Å². The first kappa shape index (κ1) is 37.1. The zero-order valence-corrected chi connectivity index (χ0v) is 31.1. The summed E-state index contributed by atoms with van der Waals surface area (Å²) in [6, 6.07) is 34.6. The highest BCUT2D eigenvalue weighted by Gasteiger charge is 2.44. The van der Waals surface area contributed by atoms with Crippen LogP contribution in [0.2, 0.25) is 0 Å². The maximum absolute atomic E-state index is 13.0. The van der Waals surface area contributed by atoms with E-state index in [1.54, 1.807) is 44.8 Å². The lowest BCUT2D eigenvalue weighted by Crippen LogP contribution is -2.38. The van der Waals surface area contributed by atoms with Crippen molar-refractivity contribution in [3.8, 4) is 11.5 Å². The second kappa shape index (κ2) is 16.8. The predicted octanol–water partition coefficient (Wildman–Crippen LogP) is 7.30. The molecule has 1 aliphatic heterocycles. The average Bonchev–Trinajstić information content (AvgIpc) is 3.85. The molecule has 13 nitrogen and oxygen atoms in total. The standard InChI is InChI=1S/C40H40N5O8P/c1-47-31-19-15-29(16-20-31)40(28-13-9-6-10-14-28,30-17-21-32(48-2)22-18-30)51-24-34-33(53-54(49-3)50-4)23-35(52-34)45-26-43-36-37(41-25-42-38(36)45)44-39(46)27-11-7-5-8-12-27/h5-22,25-26,33-35H,23-24H2,1-4H3,(H,41,42,44,46)/t33-,34+,35+/m0/s1. The van der Waals surface area contributed by atoms with Crippen LogP contribution < -0.4 is 14.8 Å². The summed E-state index contributed by atoms with van der Waals surface area (Å²) in [5, 5.41) is 2.86. The van der Waals surface area contributed by atoms with Crippen LogP contribution in [-0.2, 0) is 28.6 Å². The van der Waals surface area contributed by atoms with Gasteiger partial charge in [0.15, 0.2) is 17.0 Å². The molecule has 0 spiro atoms. The molecule has 1 N–H and O–H groups in total. The molecule has 2 aromatic heterocycles. The molecule has 3 heterocycles. The summed E-state index contributed by atoms with van der Waals surface area (Å²) in [5.41, 5.74) is 2.98. The Balaban J connectivity index is 1.23. The largest absolute Gasteiger partial charge is 0.497 e. The molecule has 7 rings (SSSR count). The number of rotatable bonds is 15. The average molecular weight is 750 g/mol. The molecule has 0 unspecified atom stereocenters. The van der Waals surface area contributed by atoms with Crippen LogP contribution in [0.3, 0.4) is 0 Å². The van der Waals surface area contributed by atoms with Crippen LogP contribution in [0.4, 0.5) is 5.82 Å². The van der Waals surface area contributed by atoms with Gasteiger partial charge in [0, 0.05) is 26.2 Å². The number of fused-ring (bicyclic) bond motifs is 1. The Morgan fingerprint density at radius 3 is 1.98 bits per heavy atom. The third-order valence-electron chi connectivity index (χ3n) is 9.27. The van der Waals surface area contributed by atoms with Gasteiger partial charge in [0.2, 0.25) is 0 Å². The van der Waals surface area contributed by atoms with Crippen molar-refractivity contribution < 1.29 is 37.3 Å². The monoisotopic (exact) mass is 749 g/mol. The van der Waals surface area contributed by atoms with Gasteiger partial charge in [-0.15, -0.1) is 0 Å². The number of amides is 1. The Hall–Kier alpha value is -5.27. The number of aromatic nitrogens is 4. The fraction of sp³-hybridized carbons (Fsp3) is 0.250. The fourth-order valence-electron chi connectivity index (χ4n) is 6.61. The summed E-state index contributed by atoms with van der Waals surface area (Å²) in [7, 11) is 4.66. The summed E-state index contributed by atoms with van der Waals surface area (Å²) in [4.78, 5) is 26.4. The number of hydrogen-bond donors (Lipinski definition) is 1. The quantitative estimate of drug-likeness (QED) is 0.0837. The summed E-state index contributed by atoms with van der Waals surface area (Å²) < 4.78 is 44.2. The number of anilines is 1. The molecular weight excluding hydrogens is 709 g/mol. The van der Waals surface area contributed by atoms with E-state index in [0.29, 0.717) is 23.1 Å². The number of nitrogens with one attached hydrogen (secondary N) is 1. The van der Waals surface area contributed by atoms with E-state index >= 15 is 0 Å². The van der Waals surface area contributed by atoms with Gasteiger partial charge in [-0.1, -0.05) is 72.8 Å². The number of nitrogens with zero attached hydrogens (tertiary/aromatic N) is 4. The molecule has 4 aromatic carbocycles. The lowest BCUT2D eigenvalue weighted by molar-refractivity contribution is -0.0913. The Labute approximate surface area is 314 Å². The third-order valence-corrected chi connectivity index (χ3v) is 10.3. The Morgan fingerprint density at radius 2 is 1.39 bits per heavy atom. The van der Waals surface area contributed by atoms with E-state index in [1.165, 1.54) is 20.5 Å². The molecule has 0 saturated carbocycles. The van der Waals surface area contributed by atoms with Crippen molar-refractivity contribution in [3.63, 3.8) is 0 Å². The van der Waals surface area contributed by atoms with Crippen molar-refractivity contribution in [2.24, 2.45) is 0 Å². The fourth-order valence-corrected chi connectivity index (χ4v) is 7.37. The van der Waals surface area contributed by atoms with Gasteiger partial charge in [0.1, 0.15) is 35.8 Å². The maximum atomic E-state index is 13.0. The van der Waals surface area contributed by atoms with Gasteiger partial charge >= 0.3 is 8.60 Å². The van der Waals surface area contributed by atoms with E-state index in [1.807, 2.05) is 89.5 Å². The van der Waals surface area contributed by atoms with Crippen LogP contribution in [0, 0.1) is 0 Å². The highest BCUT2D eigenvalue weighted by molar-refractivity contribution is 7.41. The summed E-state index contributed by atoms with van der Waals surface area (Å²) in [6.07, 6.45) is 1.72. The second-order valence-electron chi connectivity index (χ2n) is 12.3. The van der Waals surface area contributed by atoms with E-state index < -0.39 is 32.6 Å². The number of methoxy groups -OCH3 is 2. The Morgan fingerprint density at radius 1 is 0.796 bits per heavy atom. The summed E-state index contributed by atoms with van der Waals surface area (Å²) in [5.74, 6) is 1.42. The molecule has 3 atom stereocenters. The van der Waals surface area contributed by atoms with Gasteiger partial charge in [-0.2, -0.15) is 0 Å². The lowest BCUT2D eigenvalue weighted by atomic mass is 9.80. The van der Waals surface area contributed by atoms with Gasteiger partial charge < -0.3 is 37.8 Å². The maximum Gasteiger partial charge on any atom is 0.332 e. The van der Waals surface area contributed by atoms with Crippen molar-refractivity contribution in [3.05, 3.63) is 144 Å². The topological polar surface area (TPSA) is 137 Å². The van der Waals surface area contributed by atoms with Gasteiger partial charge in [0.25, 0.3) is 5.91 Å². The summed E-state index contributed by atoms with van der Waals surface area (Å²) in [6.45, 7) is 0.102. The van der Waals surface area contributed by atoms with Crippen LogP contribution in [-0.4, -0.2) is 72.7 Å². The smallest absolute Gasteiger partial charge is 0.332 e. The molecule has 14 heteroatoms. The minimum Gasteiger partial charge on any atom is -0.497 e. The van der Waals surface area contributed by atoms with E-state index in [4.69, 9.17) is 32.5 Å². The van der Waals surface area contributed by atoms with Crippen molar-refractivity contribution in [1.82, 2.24) is 19.5 Å². The van der Waals surface area contributed by atoms with Gasteiger partial charge in [-0.25, -0.2) is 15.0 Å². The van der Waals surface area contributed by atoms with Gasteiger partial charge in [-0.3, -0.25) is 9.36 Å². The first-order valence-electron chi connectivity index (χ1n) is 17.2. The van der Waals surface area contributed by atoms with Crippen molar-refractivity contribution in [2.45, 2.75) is 30.5 Å². The normalized spacial score (nSPS) is 17.2.